The van der Waals surface area contributed by atoms with Gasteiger partial charge in [0.15, 0.2) is 6.10 Å². The predicted molar refractivity (Wildman–Crippen MR) is 124 cm³/mol. The number of oxime groups is 1. The Morgan fingerprint density at radius 1 is 1.19 bits per heavy atom. The van der Waals surface area contributed by atoms with Gasteiger partial charge < -0.3 is 14.3 Å². The van der Waals surface area contributed by atoms with Crippen molar-refractivity contribution in [2.75, 3.05) is 6.61 Å². The van der Waals surface area contributed by atoms with Gasteiger partial charge in [0.25, 0.3) is 0 Å². The Balaban J connectivity index is 1.39. The third kappa shape index (κ3) is 4.97. The summed E-state index contributed by atoms with van der Waals surface area (Å²) in [5.41, 5.74) is 5.66. The van der Waals surface area contributed by atoms with Crippen molar-refractivity contribution >= 4 is 22.6 Å². The molecule has 0 bridgehead atoms. The Morgan fingerprint density at radius 2 is 1.97 bits per heavy atom. The van der Waals surface area contributed by atoms with Crippen molar-refractivity contribution in [2.45, 2.75) is 39.9 Å². The molecule has 2 heterocycles. The lowest BCUT2D eigenvalue weighted by atomic mass is 10.0. The molecule has 1 aliphatic heterocycles. The van der Waals surface area contributed by atoms with E-state index in [1.165, 1.54) is 6.08 Å². The van der Waals surface area contributed by atoms with Crippen LogP contribution in [0.15, 0.2) is 71.4 Å². The van der Waals surface area contributed by atoms with E-state index in [0.717, 1.165) is 44.8 Å². The van der Waals surface area contributed by atoms with Crippen molar-refractivity contribution in [3.05, 3.63) is 83.1 Å². The van der Waals surface area contributed by atoms with E-state index in [1.54, 1.807) is 6.92 Å². The van der Waals surface area contributed by atoms with Crippen molar-refractivity contribution in [1.82, 2.24) is 4.98 Å². The molecule has 0 fully saturated rings. The van der Waals surface area contributed by atoms with Crippen LogP contribution in [0.4, 0.5) is 0 Å². The highest BCUT2D eigenvalue weighted by Gasteiger charge is 2.24. The first-order valence-corrected chi connectivity index (χ1v) is 10.7. The highest BCUT2D eigenvalue weighted by molar-refractivity contribution is 6.01. The van der Waals surface area contributed by atoms with Gasteiger partial charge in [-0.2, -0.15) is 0 Å². The first-order valence-electron chi connectivity index (χ1n) is 10.7. The number of hydrogen-bond donors (Lipinski definition) is 0. The molecule has 0 N–H and O–H groups in total. The zero-order valence-corrected chi connectivity index (χ0v) is 18.5. The van der Waals surface area contributed by atoms with Gasteiger partial charge >= 0.3 is 5.97 Å². The van der Waals surface area contributed by atoms with Crippen LogP contribution in [0.2, 0.25) is 0 Å². The van der Waals surface area contributed by atoms with Gasteiger partial charge in [0, 0.05) is 29.1 Å². The van der Waals surface area contributed by atoms with Crippen LogP contribution in [0.1, 0.15) is 37.1 Å². The standard InChI is InChI=1S/C26H26N2O4/c1-4-30-26(29)13-17(2)25-15-24(28-32-25)19-9-11-21(12-10-19)31-16-20-14-18(3)27-23-8-6-5-7-22(20)23/h5-14,25H,4,15-16H2,1-3H3. The van der Waals surface area contributed by atoms with Gasteiger partial charge in [-0.05, 0) is 68.3 Å². The number of aromatic nitrogens is 1. The van der Waals surface area contributed by atoms with Crippen LogP contribution in [0.3, 0.4) is 0 Å². The highest BCUT2D eigenvalue weighted by atomic mass is 16.6. The van der Waals surface area contributed by atoms with Crippen LogP contribution in [0.25, 0.3) is 10.9 Å². The van der Waals surface area contributed by atoms with E-state index >= 15 is 0 Å². The van der Waals surface area contributed by atoms with Crippen molar-refractivity contribution in [1.29, 1.82) is 0 Å². The number of carbonyl (C=O) groups excluding carboxylic acids is 1. The molecule has 0 radical (unpaired) electrons. The topological polar surface area (TPSA) is 70.0 Å². The Bertz CT molecular complexity index is 1180. The number of esters is 1. The smallest absolute Gasteiger partial charge is 0.330 e. The average Bonchev–Trinajstić information content (AvgIpc) is 3.28. The van der Waals surface area contributed by atoms with Gasteiger partial charge in [0.1, 0.15) is 12.4 Å². The minimum atomic E-state index is -0.360. The number of fused-ring (bicyclic) bond motifs is 1. The summed E-state index contributed by atoms with van der Waals surface area (Å²) < 4.78 is 11.0. The third-order valence-corrected chi connectivity index (χ3v) is 5.32. The van der Waals surface area contributed by atoms with Gasteiger partial charge in [-0.15, -0.1) is 0 Å². The van der Waals surface area contributed by atoms with E-state index in [0.29, 0.717) is 19.6 Å². The zero-order valence-electron chi connectivity index (χ0n) is 18.5. The molecular formula is C26H26N2O4. The van der Waals surface area contributed by atoms with E-state index in [4.69, 9.17) is 14.3 Å². The lowest BCUT2D eigenvalue weighted by molar-refractivity contribution is -0.137. The lowest BCUT2D eigenvalue weighted by Crippen LogP contribution is -2.12. The number of benzene rings is 2. The predicted octanol–water partition coefficient (Wildman–Crippen LogP) is 5.12. The number of nitrogens with zero attached hydrogens (tertiary/aromatic N) is 2. The maximum Gasteiger partial charge on any atom is 0.330 e. The van der Waals surface area contributed by atoms with E-state index in [1.807, 2.05) is 56.3 Å². The quantitative estimate of drug-likeness (QED) is 0.384. The molecule has 164 valence electrons. The number of rotatable bonds is 7. The molecule has 6 nitrogen and oxygen atoms in total. The monoisotopic (exact) mass is 430 g/mol. The first-order chi connectivity index (χ1) is 15.5. The Kier molecular flexibility index (Phi) is 6.50. The van der Waals surface area contributed by atoms with E-state index in [2.05, 4.69) is 22.3 Å². The maximum atomic E-state index is 11.6. The van der Waals surface area contributed by atoms with Crippen LogP contribution in [-0.4, -0.2) is 29.4 Å². The van der Waals surface area contributed by atoms with Gasteiger partial charge in [-0.1, -0.05) is 23.4 Å². The van der Waals surface area contributed by atoms with Gasteiger partial charge in [0.05, 0.1) is 17.8 Å². The number of aryl methyl sites for hydroxylation is 1. The van der Waals surface area contributed by atoms with E-state index in [9.17, 15) is 4.79 Å². The summed E-state index contributed by atoms with van der Waals surface area (Å²) in [4.78, 5) is 21.7. The van der Waals surface area contributed by atoms with Gasteiger partial charge in [-0.3, -0.25) is 4.98 Å². The van der Waals surface area contributed by atoms with E-state index in [-0.39, 0.29) is 12.1 Å². The summed E-state index contributed by atoms with van der Waals surface area (Å²) in [6.45, 7) is 6.43. The third-order valence-electron chi connectivity index (χ3n) is 5.32. The Labute approximate surface area is 187 Å². The molecule has 2 aromatic carbocycles. The Morgan fingerprint density at radius 3 is 2.75 bits per heavy atom. The fourth-order valence-corrected chi connectivity index (χ4v) is 3.67. The fraction of sp³-hybridized carbons (Fsp3) is 0.269. The summed E-state index contributed by atoms with van der Waals surface area (Å²) in [5.74, 6) is 0.419. The number of para-hydroxylation sites is 1. The molecule has 0 saturated heterocycles. The van der Waals surface area contributed by atoms with Crippen LogP contribution < -0.4 is 4.74 Å². The molecule has 1 unspecified atom stereocenters. The minimum Gasteiger partial charge on any atom is -0.489 e. The van der Waals surface area contributed by atoms with Gasteiger partial charge in [-0.25, -0.2) is 4.79 Å². The molecular weight excluding hydrogens is 404 g/mol. The summed E-state index contributed by atoms with van der Waals surface area (Å²) in [6, 6.07) is 18.0. The fourth-order valence-electron chi connectivity index (χ4n) is 3.67. The lowest BCUT2D eigenvalue weighted by Gasteiger charge is -2.11. The van der Waals surface area contributed by atoms with E-state index < -0.39 is 0 Å². The zero-order chi connectivity index (χ0) is 22.5. The van der Waals surface area contributed by atoms with Crippen LogP contribution >= 0.6 is 0 Å². The summed E-state index contributed by atoms with van der Waals surface area (Å²) in [5, 5.41) is 5.31. The summed E-state index contributed by atoms with van der Waals surface area (Å²) in [7, 11) is 0. The minimum absolute atomic E-state index is 0.256. The number of hydrogen-bond acceptors (Lipinski definition) is 6. The van der Waals surface area contributed by atoms with Crippen molar-refractivity contribution < 1.29 is 19.1 Å². The largest absolute Gasteiger partial charge is 0.489 e. The van der Waals surface area contributed by atoms with Crippen LogP contribution in [0, 0.1) is 6.92 Å². The average molecular weight is 431 g/mol. The number of ether oxygens (including phenoxy) is 2. The molecule has 6 heteroatoms. The molecule has 32 heavy (non-hydrogen) atoms. The van der Waals surface area contributed by atoms with Gasteiger partial charge in [0.2, 0.25) is 0 Å². The first kappa shape index (κ1) is 21.6. The Hall–Kier alpha value is -3.67. The maximum absolute atomic E-state index is 11.6. The molecule has 1 aliphatic rings. The summed E-state index contributed by atoms with van der Waals surface area (Å²) >= 11 is 0. The van der Waals surface area contributed by atoms with Crippen LogP contribution in [0.5, 0.6) is 5.75 Å². The molecule has 0 aliphatic carbocycles. The normalized spacial score (nSPS) is 15.9. The number of carbonyl (C=O) groups is 1. The second kappa shape index (κ2) is 9.64. The van der Waals surface area contributed by atoms with Crippen molar-refractivity contribution in [2.24, 2.45) is 5.16 Å². The number of pyridine rings is 1. The molecule has 3 aromatic rings. The molecule has 1 atom stereocenters. The summed E-state index contributed by atoms with van der Waals surface area (Å²) in [6.07, 6.45) is 1.81. The van der Waals surface area contributed by atoms with Crippen molar-refractivity contribution in [3.63, 3.8) is 0 Å². The van der Waals surface area contributed by atoms with Crippen LogP contribution in [-0.2, 0) is 21.0 Å². The van der Waals surface area contributed by atoms with Crippen molar-refractivity contribution in [3.8, 4) is 5.75 Å². The molecule has 0 amide bonds. The SMILES string of the molecule is CCOC(=O)C=C(C)C1CC(c2ccc(OCc3cc(C)nc4ccccc34)cc2)=NO1. The molecule has 4 rings (SSSR count). The molecule has 0 spiro atoms. The second-order valence-corrected chi connectivity index (χ2v) is 7.73. The molecule has 0 saturated carbocycles. The molecule has 1 aromatic heterocycles. The highest BCUT2D eigenvalue weighted by Crippen LogP contribution is 2.24. The second-order valence-electron chi connectivity index (χ2n) is 7.73.